The number of rotatable bonds is 5. The van der Waals surface area contributed by atoms with Crippen LogP contribution in [0.1, 0.15) is 50.5 Å². The summed E-state index contributed by atoms with van der Waals surface area (Å²) < 4.78 is 66.9. The summed E-state index contributed by atoms with van der Waals surface area (Å²) in [6.07, 6.45) is -3.07. The number of fused-ring (bicyclic) bond motifs is 3. The number of nitrogens with zero attached hydrogens (tertiary/aromatic N) is 2. The Balaban J connectivity index is 1.37. The molecule has 1 aliphatic heterocycles. The first-order valence-electron chi connectivity index (χ1n) is 11.2. The van der Waals surface area contributed by atoms with Crippen LogP contribution in [-0.4, -0.2) is 47.6 Å². The van der Waals surface area contributed by atoms with Crippen molar-refractivity contribution in [3.05, 3.63) is 29.6 Å². The minimum absolute atomic E-state index is 0.00905. The first kappa shape index (κ1) is 24.4. The number of likely N-dealkylation sites (tertiary alicyclic amines) is 1. The van der Waals surface area contributed by atoms with Crippen molar-refractivity contribution in [1.82, 2.24) is 10.2 Å². The zero-order valence-electron chi connectivity index (χ0n) is 18.4. The standard InChI is InChI=1S/C23H25F5N4O2/c24-14-1-2-18(17(10-14)23(26,27)28)31-20(34)21-3-6-22(7-4-21,8-5-21)30-12-19(33)32-13-15(25)9-16(32)11-29/h1-2,10,15-16,30H,3-9,12-13H2,(H,31,34)/t15-,16-,21?,22?/m0/s1. The van der Waals surface area contributed by atoms with Crippen LogP contribution < -0.4 is 10.6 Å². The van der Waals surface area contributed by atoms with Crippen LogP contribution in [0.25, 0.3) is 0 Å². The molecule has 1 heterocycles. The lowest BCUT2D eigenvalue weighted by atomic mass is 9.57. The van der Waals surface area contributed by atoms with Gasteiger partial charge in [-0.25, -0.2) is 8.78 Å². The third-order valence-electron chi connectivity index (χ3n) is 7.60. The largest absolute Gasteiger partial charge is 0.418 e. The molecule has 6 nitrogen and oxygen atoms in total. The van der Waals surface area contributed by atoms with E-state index in [2.05, 4.69) is 10.6 Å². The summed E-state index contributed by atoms with van der Waals surface area (Å²) in [5.41, 5.74) is -2.91. The van der Waals surface area contributed by atoms with Gasteiger partial charge in [0.2, 0.25) is 11.8 Å². The van der Waals surface area contributed by atoms with Gasteiger partial charge in [-0.15, -0.1) is 0 Å². The fourth-order valence-corrected chi connectivity index (χ4v) is 5.45. The number of benzene rings is 1. The number of carbonyl (C=O) groups excluding carboxylic acids is 2. The maximum Gasteiger partial charge on any atom is 0.418 e. The summed E-state index contributed by atoms with van der Waals surface area (Å²) in [5.74, 6) is -1.91. The second-order valence-corrected chi connectivity index (χ2v) is 9.58. The van der Waals surface area contributed by atoms with E-state index in [4.69, 9.17) is 5.26 Å². The van der Waals surface area contributed by atoms with Gasteiger partial charge in [0, 0.05) is 17.4 Å². The molecule has 34 heavy (non-hydrogen) atoms. The van der Waals surface area contributed by atoms with Crippen molar-refractivity contribution in [2.24, 2.45) is 5.41 Å². The number of carbonyl (C=O) groups is 2. The van der Waals surface area contributed by atoms with Gasteiger partial charge in [-0.2, -0.15) is 18.4 Å². The molecule has 3 saturated carbocycles. The first-order valence-corrected chi connectivity index (χ1v) is 11.2. The SMILES string of the molecule is N#C[C@@H]1C[C@H](F)CN1C(=O)CNC12CCC(C(=O)Nc3ccc(F)cc3C(F)(F)F)(CC1)CC2. The molecule has 2 N–H and O–H groups in total. The molecule has 11 heteroatoms. The number of amides is 2. The smallest absolute Gasteiger partial charge is 0.325 e. The van der Waals surface area contributed by atoms with Crippen molar-refractivity contribution in [2.45, 2.75) is 68.9 Å². The van der Waals surface area contributed by atoms with E-state index in [1.54, 1.807) is 0 Å². The van der Waals surface area contributed by atoms with Crippen LogP contribution in [0.4, 0.5) is 27.6 Å². The first-order chi connectivity index (χ1) is 16.0. The Bertz CT molecular complexity index is 997. The summed E-state index contributed by atoms with van der Waals surface area (Å²) >= 11 is 0. The number of anilines is 1. The van der Waals surface area contributed by atoms with Gasteiger partial charge < -0.3 is 15.5 Å². The summed E-state index contributed by atoms with van der Waals surface area (Å²) in [4.78, 5) is 26.8. The fourth-order valence-electron chi connectivity index (χ4n) is 5.45. The Labute approximate surface area is 193 Å². The quantitative estimate of drug-likeness (QED) is 0.621. The molecule has 0 spiro atoms. The van der Waals surface area contributed by atoms with Crippen LogP contribution in [0.5, 0.6) is 0 Å². The number of hydrogen-bond donors (Lipinski definition) is 2. The van der Waals surface area contributed by atoms with Gasteiger partial charge >= 0.3 is 6.18 Å². The van der Waals surface area contributed by atoms with Gasteiger partial charge in [0.15, 0.2) is 0 Å². The highest BCUT2D eigenvalue weighted by atomic mass is 19.4. The number of alkyl halides is 4. The van der Waals surface area contributed by atoms with Crippen molar-refractivity contribution in [1.29, 1.82) is 5.26 Å². The summed E-state index contributed by atoms with van der Waals surface area (Å²) in [5, 5.41) is 14.8. The molecule has 2 amide bonds. The molecule has 0 unspecified atom stereocenters. The van der Waals surface area contributed by atoms with Crippen LogP contribution in [0.15, 0.2) is 18.2 Å². The van der Waals surface area contributed by atoms with E-state index < -0.39 is 46.8 Å². The lowest BCUT2D eigenvalue weighted by molar-refractivity contribution is -0.138. The molecule has 1 saturated heterocycles. The van der Waals surface area contributed by atoms with Gasteiger partial charge in [0.1, 0.15) is 18.0 Å². The molecular formula is C23H25F5N4O2. The second-order valence-electron chi connectivity index (χ2n) is 9.58. The average molecular weight is 484 g/mol. The minimum Gasteiger partial charge on any atom is -0.325 e. The summed E-state index contributed by atoms with van der Waals surface area (Å²) in [6.45, 7) is -0.146. The van der Waals surface area contributed by atoms with E-state index in [1.165, 1.54) is 4.90 Å². The van der Waals surface area contributed by atoms with Crippen molar-refractivity contribution >= 4 is 17.5 Å². The van der Waals surface area contributed by atoms with Crippen molar-refractivity contribution in [2.75, 3.05) is 18.4 Å². The highest BCUT2D eigenvalue weighted by Gasteiger charge is 2.52. The Morgan fingerprint density at radius 2 is 1.79 bits per heavy atom. The van der Waals surface area contributed by atoms with Crippen LogP contribution in [-0.2, 0) is 15.8 Å². The molecule has 1 aromatic rings. The number of hydrogen-bond acceptors (Lipinski definition) is 4. The monoisotopic (exact) mass is 484 g/mol. The molecule has 0 radical (unpaired) electrons. The predicted octanol–water partition coefficient (Wildman–Crippen LogP) is 3.93. The van der Waals surface area contributed by atoms with Crippen LogP contribution >= 0.6 is 0 Å². The molecule has 3 aliphatic carbocycles. The molecule has 1 aromatic carbocycles. The van der Waals surface area contributed by atoms with Gasteiger partial charge in [0.25, 0.3) is 0 Å². The summed E-state index contributed by atoms with van der Waals surface area (Å²) in [6, 6.07) is 3.34. The van der Waals surface area contributed by atoms with Crippen LogP contribution in [0.2, 0.25) is 0 Å². The van der Waals surface area contributed by atoms with Gasteiger partial charge in [0.05, 0.1) is 30.4 Å². The van der Waals surface area contributed by atoms with E-state index in [-0.39, 0.29) is 31.0 Å². The number of halogens is 5. The van der Waals surface area contributed by atoms with E-state index in [1.807, 2.05) is 6.07 Å². The normalized spacial score (nSPS) is 30.8. The molecule has 0 aromatic heterocycles. The molecular weight excluding hydrogens is 459 g/mol. The van der Waals surface area contributed by atoms with E-state index in [9.17, 15) is 31.5 Å². The lowest BCUT2D eigenvalue weighted by Crippen LogP contribution is -2.59. The lowest BCUT2D eigenvalue weighted by Gasteiger charge is -2.53. The van der Waals surface area contributed by atoms with Crippen molar-refractivity contribution in [3.63, 3.8) is 0 Å². The van der Waals surface area contributed by atoms with Crippen LogP contribution in [0, 0.1) is 22.6 Å². The zero-order chi connectivity index (χ0) is 24.7. The topological polar surface area (TPSA) is 85.2 Å². The average Bonchev–Trinajstić information content (AvgIpc) is 3.20. The highest BCUT2D eigenvalue weighted by molar-refractivity contribution is 5.96. The molecule has 184 valence electrons. The van der Waals surface area contributed by atoms with E-state index in [0.717, 1.165) is 12.1 Å². The Morgan fingerprint density at radius 3 is 2.38 bits per heavy atom. The fraction of sp³-hybridized carbons (Fsp3) is 0.609. The third-order valence-corrected chi connectivity index (χ3v) is 7.60. The van der Waals surface area contributed by atoms with Crippen LogP contribution in [0.3, 0.4) is 0 Å². The molecule has 2 atom stereocenters. The maximum atomic E-state index is 13.6. The Hall–Kier alpha value is -2.74. The Kier molecular flexibility index (Phi) is 6.31. The predicted molar refractivity (Wildman–Crippen MR) is 112 cm³/mol. The van der Waals surface area contributed by atoms with Gasteiger partial charge in [-0.05, 0) is 56.7 Å². The summed E-state index contributed by atoms with van der Waals surface area (Å²) in [7, 11) is 0. The van der Waals surface area contributed by atoms with Crippen molar-refractivity contribution in [3.8, 4) is 6.07 Å². The molecule has 2 bridgehead atoms. The second kappa shape index (κ2) is 8.80. The van der Waals surface area contributed by atoms with Gasteiger partial charge in [-0.1, -0.05) is 0 Å². The highest BCUT2D eigenvalue weighted by Crippen LogP contribution is 2.53. The minimum atomic E-state index is -4.81. The number of nitrogens with one attached hydrogen (secondary N) is 2. The Morgan fingerprint density at radius 1 is 1.15 bits per heavy atom. The maximum absolute atomic E-state index is 13.6. The molecule has 4 aliphatic rings. The van der Waals surface area contributed by atoms with E-state index >= 15 is 0 Å². The van der Waals surface area contributed by atoms with Crippen molar-refractivity contribution < 1.29 is 31.5 Å². The van der Waals surface area contributed by atoms with E-state index in [0.29, 0.717) is 44.6 Å². The molecule has 5 rings (SSSR count). The third kappa shape index (κ3) is 4.60. The molecule has 4 fully saturated rings. The number of nitriles is 1. The zero-order valence-corrected chi connectivity index (χ0v) is 18.4. The van der Waals surface area contributed by atoms with Gasteiger partial charge in [-0.3, -0.25) is 9.59 Å².